The predicted octanol–water partition coefficient (Wildman–Crippen LogP) is -0.0436. The van der Waals surface area contributed by atoms with Gasteiger partial charge in [0.1, 0.15) is 0 Å². The minimum atomic E-state index is -1.71. The number of rotatable bonds is 1. The van der Waals surface area contributed by atoms with Crippen molar-refractivity contribution in [3.63, 3.8) is 0 Å². The molecule has 1 aromatic carbocycles. The van der Waals surface area contributed by atoms with Crippen molar-refractivity contribution in [2.45, 2.75) is 0 Å². The van der Waals surface area contributed by atoms with Crippen LogP contribution in [0.25, 0.3) is 0 Å². The molecule has 0 radical (unpaired) electrons. The van der Waals surface area contributed by atoms with E-state index in [4.69, 9.17) is 19.0 Å². The maximum atomic E-state index is 5.55. The molecule has 0 amide bonds. The molecule has 0 bridgehead atoms. The third-order valence-corrected chi connectivity index (χ3v) is 46.9. The summed E-state index contributed by atoms with van der Waals surface area (Å²) in [4.78, 5) is 4.99. The number of hydrogen-bond donors (Lipinski definition) is 0. The Morgan fingerprint density at radius 3 is 1.81 bits per heavy atom. The zero-order valence-electron chi connectivity index (χ0n) is 14.3. The Morgan fingerprint density at radius 2 is 1.31 bits per heavy atom. The van der Waals surface area contributed by atoms with Gasteiger partial charge < -0.3 is 0 Å². The van der Waals surface area contributed by atoms with Crippen LogP contribution < -0.4 is 5.30 Å². The Morgan fingerprint density at radius 1 is 0.808 bits per heavy atom. The molecule has 26 heavy (non-hydrogen) atoms. The van der Waals surface area contributed by atoms with Crippen LogP contribution in [-0.2, 0) is 9.47 Å². The Balaban J connectivity index is 1.53. The van der Waals surface area contributed by atoms with Crippen LogP contribution in [0.3, 0.4) is 0 Å². The average Bonchev–Trinajstić information content (AvgIpc) is 3.26. The second-order valence-corrected chi connectivity index (χ2v) is 38.7. The molecule has 2 fully saturated rings. The van der Waals surface area contributed by atoms with Crippen molar-refractivity contribution in [3.05, 3.63) is 30.3 Å². The van der Waals surface area contributed by atoms with Crippen LogP contribution in [0.5, 0.6) is 0 Å². The van der Waals surface area contributed by atoms with Crippen LogP contribution in [-0.4, -0.2) is 107 Å². The van der Waals surface area contributed by atoms with Gasteiger partial charge in [-0.3, -0.25) is 0 Å². The van der Waals surface area contributed by atoms with Gasteiger partial charge in [0.2, 0.25) is 0 Å². The van der Waals surface area contributed by atoms with Crippen LogP contribution in [0.15, 0.2) is 39.9 Å². The summed E-state index contributed by atoms with van der Waals surface area (Å²) in [5.41, 5.74) is 0. The molecular formula is C16H21N4O2PSe3. The Kier molecular flexibility index (Phi) is 5.46. The van der Waals surface area contributed by atoms with Crippen molar-refractivity contribution in [1.82, 2.24) is 9.80 Å². The van der Waals surface area contributed by atoms with Gasteiger partial charge >= 0.3 is 168 Å². The van der Waals surface area contributed by atoms with E-state index in [1.54, 1.807) is 0 Å². The van der Waals surface area contributed by atoms with Crippen LogP contribution >= 0.6 is 5.81 Å². The topological polar surface area (TPSA) is 49.7 Å². The fourth-order valence-electron chi connectivity index (χ4n) is 3.17. The molecule has 0 aliphatic carbocycles. The summed E-state index contributed by atoms with van der Waals surface area (Å²) in [6, 6.07) is 11.0. The first kappa shape index (κ1) is 18.1. The van der Waals surface area contributed by atoms with Gasteiger partial charge in [-0.15, -0.1) is 0 Å². The van der Waals surface area contributed by atoms with Gasteiger partial charge in [-0.2, -0.15) is 0 Å². The summed E-state index contributed by atoms with van der Waals surface area (Å²) < 4.78 is 24.8. The zero-order chi connectivity index (χ0) is 17.4. The summed E-state index contributed by atoms with van der Waals surface area (Å²) in [6.45, 7) is 7.35. The monoisotopic (exact) mass is 572 g/mol. The second kappa shape index (κ2) is 7.83. The van der Waals surface area contributed by atoms with E-state index < -0.39 is 15.1 Å². The van der Waals surface area contributed by atoms with Crippen molar-refractivity contribution in [2.24, 2.45) is 9.53 Å². The molecule has 0 saturated carbocycles. The molecule has 1 aromatic rings. The molecule has 5 rings (SSSR count). The molecule has 140 valence electrons. The van der Waals surface area contributed by atoms with Gasteiger partial charge in [0.05, 0.1) is 0 Å². The van der Waals surface area contributed by atoms with Crippen LogP contribution in [0.2, 0.25) is 0 Å². The van der Waals surface area contributed by atoms with E-state index in [0.29, 0.717) is 26.3 Å². The molecule has 0 atom stereocenters. The van der Waals surface area contributed by atoms with Crippen LogP contribution in [0, 0.1) is 0 Å². The molecule has 4 heterocycles. The molecule has 0 N–H and O–H groups in total. The Bertz CT molecular complexity index is 761. The molecular weight excluding hydrogens is 548 g/mol. The second-order valence-electron chi connectivity index (χ2n) is 6.23. The van der Waals surface area contributed by atoms with Crippen molar-refractivity contribution in [2.75, 3.05) is 52.6 Å². The first-order chi connectivity index (χ1) is 12.9. The molecule has 0 unspecified atom stereocenters. The molecule has 6 nitrogen and oxygen atoms in total. The normalized spacial score (nSPS) is 31.6. The first-order valence-corrected chi connectivity index (χ1v) is 23.1. The number of amidine groups is 2. The number of nitrogens with zero attached hydrogens (tertiary/aromatic N) is 4. The number of benzene rings is 1. The third kappa shape index (κ3) is 3.32. The summed E-state index contributed by atoms with van der Waals surface area (Å²) in [5, 5.41) is 1.42. The maximum absolute atomic E-state index is 5.55. The Labute approximate surface area is 167 Å². The molecule has 4 aliphatic heterocycles. The molecule has 2 saturated heterocycles. The Hall–Kier alpha value is 0.0684. The summed E-state index contributed by atoms with van der Waals surface area (Å²) in [6.07, 6.45) is 0. The van der Waals surface area contributed by atoms with E-state index in [0.717, 1.165) is 52.6 Å². The minimum absolute atomic E-state index is 0.540. The van der Waals surface area contributed by atoms with Crippen LogP contribution in [0.1, 0.15) is 0 Å². The van der Waals surface area contributed by atoms with Gasteiger partial charge in [0, 0.05) is 0 Å². The number of hydrogen-bond acceptors (Lipinski definition) is 6. The van der Waals surface area contributed by atoms with Crippen molar-refractivity contribution >= 4 is 56.2 Å². The molecule has 10 heteroatoms. The van der Waals surface area contributed by atoms with E-state index in [1.165, 1.54) is 14.8 Å². The number of morpholine rings is 2. The standard InChI is InChI=1S/C16H21N4O2PSe3/c1-2-4-14(5-3-1)23-17-15(19-6-10-21-11-7-19)24-26(23)25-16(18-23)20-8-12-22-13-9-20/h1-5H,6-13H2. The number of ether oxygens (including phenoxy) is 2. The molecule has 4 aliphatic rings. The van der Waals surface area contributed by atoms with Crippen molar-refractivity contribution < 1.29 is 9.47 Å². The van der Waals surface area contributed by atoms with E-state index in [2.05, 4.69) is 40.1 Å². The fourth-order valence-corrected chi connectivity index (χ4v) is 52.4. The molecule has 0 aromatic heterocycles. The first-order valence-electron chi connectivity index (χ1n) is 8.77. The van der Waals surface area contributed by atoms with E-state index in [1.807, 2.05) is 0 Å². The zero-order valence-corrected chi connectivity index (χ0v) is 20.4. The van der Waals surface area contributed by atoms with Gasteiger partial charge in [0.25, 0.3) is 0 Å². The van der Waals surface area contributed by atoms with Crippen LogP contribution in [0.4, 0.5) is 0 Å². The fraction of sp³-hybridized carbons (Fsp3) is 0.500. The summed E-state index contributed by atoms with van der Waals surface area (Å²) >= 11 is 1.08. The van der Waals surface area contributed by atoms with E-state index >= 15 is 0 Å². The average molecular weight is 569 g/mol. The quantitative estimate of drug-likeness (QED) is 0.352. The van der Waals surface area contributed by atoms with Gasteiger partial charge in [0.15, 0.2) is 0 Å². The molecule has 0 spiro atoms. The summed E-state index contributed by atoms with van der Waals surface area (Å²) in [5.74, 6) is -1.71. The van der Waals surface area contributed by atoms with Gasteiger partial charge in [-0.25, -0.2) is 0 Å². The summed E-state index contributed by atoms with van der Waals surface area (Å²) in [7, 11) is -0.834. The van der Waals surface area contributed by atoms with Gasteiger partial charge in [-0.05, 0) is 0 Å². The van der Waals surface area contributed by atoms with Crippen molar-refractivity contribution in [3.8, 4) is 0 Å². The van der Waals surface area contributed by atoms with Gasteiger partial charge in [-0.1, -0.05) is 0 Å². The SMILES string of the molecule is c1ccc(P23=[Se]([Se]C(N4CCOCC4)=N2)[Se]C(N2CCOCC2)=N3)cc1. The predicted molar refractivity (Wildman–Crippen MR) is 110 cm³/mol. The van der Waals surface area contributed by atoms with E-state index in [9.17, 15) is 0 Å². The van der Waals surface area contributed by atoms with Crippen molar-refractivity contribution in [1.29, 1.82) is 0 Å². The van der Waals surface area contributed by atoms with E-state index in [-0.39, 0.29) is 0 Å². The third-order valence-electron chi connectivity index (χ3n) is 4.60.